The summed E-state index contributed by atoms with van der Waals surface area (Å²) in [6.07, 6.45) is 0. The van der Waals surface area contributed by atoms with Crippen LogP contribution in [0.3, 0.4) is 0 Å². The predicted molar refractivity (Wildman–Crippen MR) is 82.8 cm³/mol. The Balaban J connectivity index is 2.59. The summed E-state index contributed by atoms with van der Waals surface area (Å²) in [5, 5.41) is 3.52. The van der Waals surface area contributed by atoms with E-state index in [4.69, 9.17) is 11.6 Å². The number of hydrogen-bond acceptors (Lipinski definition) is 1. The minimum absolute atomic E-state index is 0.223. The molecule has 0 aliphatic rings. The van der Waals surface area contributed by atoms with E-state index in [9.17, 15) is 8.78 Å². The highest BCUT2D eigenvalue weighted by Crippen LogP contribution is 2.32. The van der Waals surface area contributed by atoms with Crippen molar-refractivity contribution in [1.29, 1.82) is 0 Å². The van der Waals surface area contributed by atoms with Crippen LogP contribution in [0.25, 0.3) is 0 Å². The maximum absolute atomic E-state index is 13.6. The molecule has 2 aromatic carbocycles. The van der Waals surface area contributed by atoms with Crippen molar-refractivity contribution in [2.75, 3.05) is 6.54 Å². The van der Waals surface area contributed by atoms with E-state index >= 15 is 0 Å². The molecule has 21 heavy (non-hydrogen) atoms. The number of nitrogens with one attached hydrogen (secondary N) is 1. The quantitative estimate of drug-likeness (QED) is 0.789. The number of rotatable bonds is 4. The van der Waals surface area contributed by atoms with Crippen molar-refractivity contribution in [3.8, 4) is 0 Å². The van der Waals surface area contributed by atoms with Gasteiger partial charge in [-0.2, -0.15) is 0 Å². The van der Waals surface area contributed by atoms with Crippen LogP contribution in [-0.2, 0) is 0 Å². The van der Waals surface area contributed by atoms with Gasteiger partial charge < -0.3 is 5.32 Å². The van der Waals surface area contributed by atoms with Crippen molar-refractivity contribution in [2.45, 2.75) is 26.8 Å². The average molecular weight is 310 g/mol. The van der Waals surface area contributed by atoms with Crippen molar-refractivity contribution in [1.82, 2.24) is 5.32 Å². The maximum Gasteiger partial charge on any atom is 0.160 e. The van der Waals surface area contributed by atoms with Gasteiger partial charge in [-0.3, -0.25) is 0 Å². The minimum Gasteiger partial charge on any atom is -0.306 e. The molecule has 0 saturated heterocycles. The molecule has 0 aromatic heterocycles. The molecule has 1 atom stereocenters. The van der Waals surface area contributed by atoms with E-state index < -0.39 is 11.6 Å². The Morgan fingerprint density at radius 3 is 2.43 bits per heavy atom. The third-order valence-corrected chi connectivity index (χ3v) is 4.04. The molecule has 4 heteroatoms. The van der Waals surface area contributed by atoms with Gasteiger partial charge in [-0.1, -0.05) is 36.7 Å². The largest absolute Gasteiger partial charge is 0.306 e. The van der Waals surface area contributed by atoms with Crippen LogP contribution in [-0.4, -0.2) is 6.54 Å². The fourth-order valence-electron chi connectivity index (χ4n) is 2.44. The molecule has 0 aliphatic carbocycles. The van der Waals surface area contributed by atoms with E-state index in [0.29, 0.717) is 12.1 Å². The van der Waals surface area contributed by atoms with Crippen molar-refractivity contribution in [3.05, 3.63) is 69.2 Å². The van der Waals surface area contributed by atoms with Gasteiger partial charge >= 0.3 is 0 Å². The second kappa shape index (κ2) is 6.54. The number of aryl methyl sites for hydroxylation is 1. The molecule has 0 bridgehead atoms. The summed E-state index contributed by atoms with van der Waals surface area (Å²) >= 11 is 6.13. The Kier molecular flexibility index (Phi) is 4.96. The Labute approximate surface area is 128 Å². The first-order valence-electron chi connectivity index (χ1n) is 6.89. The Morgan fingerprint density at radius 2 is 1.76 bits per heavy atom. The van der Waals surface area contributed by atoms with Crippen LogP contribution in [0.1, 0.15) is 35.2 Å². The first kappa shape index (κ1) is 15.9. The first-order chi connectivity index (χ1) is 9.95. The Bertz CT molecular complexity index is 655. The van der Waals surface area contributed by atoms with E-state index in [0.717, 1.165) is 22.8 Å². The predicted octanol–water partition coefficient (Wildman–Crippen LogP) is 4.93. The molecular weight excluding hydrogens is 292 g/mol. The third-order valence-electron chi connectivity index (χ3n) is 3.72. The number of benzene rings is 2. The lowest BCUT2D eigenvalue weighted by atomic mass is 9.92. The molecule has 0 fully saturated rings. The lowest BCUT2D eigenvalue weighted by molar-refractivity contribution is 0.504. The van der Waals surface area contributed by atoms with Crippen molar-refractivity contribution in [2.24, 2.45) is 0 Å². The zero-order chi connectivity index (χ0) is 15.6. The summed E-state index contributed by atoms with van der Waals surface area (Å²) in [6, 6.07) is 7.89. The molecule has 1 unspecified atom stereocenters. The van der Waals surface area contributed by atoms with Crippen molar-refractivity contribution in [3.63, 3.8) is 0 Å². The second-order valence-corrected chi connectivity index (χ2v) is 5.47. The highest BCUT2D eigenvalue weighted by Gasteiger charge is 2.20. The van der Waals surface area contributed by atoms with Crippen LogP contribution in [0, 0.1) is 25.5 Å². The standard InChI is InChI=1S/C17H18ClF2N/c1-4-21-17(12-7-5-6-10(2)11(12)3)13-8-15(19)16(20)9-14(13)18/h5-9,17,21H,4H2,1-3H3. The molecule has 0 radical (unpaired) electrons. The van der Waals surface area contributed by atoms with Gasteiger partial charge in [0, 0.05) is 5.02 Å². The molecule has 0 heterocycles. The smallest absolute Gasteiger partial charge is 0.160 e. The summed E-state index contributed by atoms with van der Waals surface area (Å²) in [5.74, 6) is -1.82. The summed E-state index contributed by atoms with van der Waals surface area (Å²) in [5.41, 5.74) is 3.83. The molecule has 2 rings (SSSR count). The van der Waals surface area contributed by atoms with Gasteiger partial charge in [-0.25, -0.2) is 8.78 Å². The van der Waals surface area contributed by atoms with Gasteiger partial charge in [0.25, 0.3) is 0 Å². The van der Waals surface area contributed by atoms with Gasteiger partial charge in [0.2, 0.25) is 0 Å². The van der Waals surface area contributed by atoms with E-state index in [2.05, 4.69) is 5.32 Å². The van der Waals surface area contributed by atoms with Crippen molar-refractivity contribution < 1.29 is 8.78 Å². The normalized spacial score (nSPS) is 12.5. The number of hydrogen-bond donors (Lipinski definition) is 1. The zero-order valence-corrected chi connectivity index (χ0v) is 13.1. The maximum atomic E-state index is 13.6. The summed E-state index contributed by atoms with van der Waals surface area (Å²) in [6.45, 7) is 6.69. The Hall–Kier alpha value is -1.45. The van der Waals surface area contributed by atoms with Crippen LogP contribution in [0.2, 0.25) is 5.02 Å². The van der Waals surface area contributed by atoms with Crippen LogP contribution in [0.5, 0.6) is 0 Å². The van der Waals surface area contributed by atoms with E-state index in [1.807, 2.05) is 39.0 Å². The molecule has 0 spiro atoms. The molecule has 0 amide bonds. The van der Waals surface area contributed by atoms with E-state index in [1.54, 1.807) is 0 Å². The van der Waals surface area contributed by atoms with Crippen LogP contribution in [0.4, 0.5) is 8.78 Å². The molecule has 0 saturated carbocycles. The number of halogens is 3. The van der Waals surface area contributed by atoms with Gasteiger partial charge in [-0.05, 0) is 54.8 Å². The molecule has 1 N–H and O–H groups in total. The lowest BCUT2D eigenvalue weighted by Crippen LogP contribution is -2.23. The molecule has 0 aliphatic heterocycles. The monoisotopic (exact) mass is 309 g/mol. The van der Waals surface area contributed by atoms with Crippen molar-refractivity contribution >= 4 is 11.6 Å². The first-order valence-corrected chi connectivity index (χ1v) is 7.27. The topological polar surface area (TPSA) is 12.0 Å². The molecule has 1 nitrogen and oxygen atoms in total. The van der Waals surface area contributed by atoms with E-state index in [-0.39, 0.29) is 11.1 Å². The third kappa shape index (κ3) is 3.25. The van der Waals surface area contributed by atoms with Gasteiger partial charge in [0.1, 0.15) is 0 Å². The lowest BCUT2D eigenvalue weighted by Gasteiger charge is -2.23. The Morgan fingerprint density at radius 1 is 1.10 bits per heavy atom. The van der Waals surface area contributed by atoms with Gasteiger partial charge in [0.15, 0.2) is 11.6 Å². The molecule has 2 aromatic rings. The fourth-order valence-corrected chi connectivity index (χ4v) is 2.70. The van der Waals surface area contributed by atoms with Crippen LogP contribution < -0.4 is 5.32 Å². The molecule has 112 valence electrons. The summed E-state index contributed by atoms with van der Waals surface area (Å²) in [4.78, 5) is 0. The zero-order valence-electron chi connectivity index (χ0n) is 12.3. The SMILES string of the molecule is CCNC(c1cc(F)c(F)cc1Cl)c1cccc(C)c1C. The highest BCUT2D eigenvalue weighted by atomic mass is 35.5. The minimum atomic E-state index is -0.931. The average Bonchev–Trinajstić information content (AvgIpc) is 2.44. The van der Waals surface area contributed by atoms with E-state index in [1.165, 1.54) is 6.07 Å². The summed E-state index contributed by atoms with van der Waals surface area (Å²) < 4.78 is 26.9. The molecular formula is C17H18ClF2N. The van der Waals surface area contributed by atoms with Crippen LogP contribution >= 0.6 is 11.6 Å². The fraction of sp³-hybridized carbons (Fsp3) is 0.294. The summed E-state index contributed by atoms with van der Waals surface area (Å²) in [7, 11) is 0. The van der Waals surface area contributed by atoms with Crippen LogP contribution in [0.15, 0.2) is 30.3 Å². The van der Waals surface area contributed by atoms with Gasteiger partial charge in [0.05, 0.1) is 6.04 Å². The second-order valence-electron chi connectivity index (χ2n) is 5.07. The highest BCUT2D eigenvalue weighted by molar-refractivity contribution is 6.31. The van der Waals surface area contributed by atoms with Gasteiger partial charge in [-0.15, -0.1) is 0 Å².